The summed E-state index contributed by atoms with van der Waals surface area (Å²) < 4.78 is 0.875. The quantitative estimate of drug-likeness (QED) is 0.388. The zero-order valence-electron chi connectivity index (χ0n) is 12.7. The Bertz CT molecular complexity index is 1050. The molecule has 0 saturated heterocycles. The van der Waals surface area contributed by atoms with Crippen LogP contribution in [0.1, 0.15) is 0 Å². The summed E-state index contributed by atoms with van der Waals surface area (Å²) in [5.74, 6) is 0. The summed E-state index contributed by atoms with van der Waals surface area (Å²) in [4.78, 5) is 4.54. The highest BCUT2D eigenvalue weighted by Gasteiger charge is 2.11. The molecule has 2 heterocycles. The van der Waals surface area contributed by atoms with Crippen LogP contribution in [0.5, 0.6) is 0 Å². The number of hydrogen-bond donors (Lipinski definition) is 0. The maximum absolute atomic E-state index is 11.8. The maximum atomic E-state index is 11.8. The molecule has 0 aliphatic heterocycles. The monoisotopic (exact) mass is 332 g/mol. The highest BCUT2D eigenvalue weighted by atomic mass is 35.5. The lowest BCUT2D eigenvalue weighted by Gasteiger charge is -2.10. The van der Waals surface area contributed by atoms with Crippen LogP contribution in [0.3, 0.4) is 0 Å². The number of aromatic nitrogens is 2. The lowest BCUT2D eigenvalue weighted by atomic mass is 9.98. The van der Waals surface area contributed by atoms with Crippen LogP contribution >= 0.6 is 11.6 Å². The Morgan fingerprint density at radius 1 is 0.875 bits per heavy atom. The molecule has 0 spiro atoms. The van der Waals surface area contributed by atoms with E-state index in [2.05, 4.69) is 4.98 Å². The first-order valence-corrected chi connectivity index (χ1v) is 7.93. The van der Waals surface area contributed by atoms with E-state index < -0.39 is 0 Å². The molecule has 0 atom stereocenters. The van der Waals surface area contributed by atoms with Gasteiger partial charge in [-0.2, -0.15) is 4.73 Å². The van der Waals surface area contributed by atoms with Gasteiger partial charge in [0.2, 0.25) is 5.52 Å². The van der Waals surface area contributed by atoms with Crippen molar-refractivity contribution in [1.29, 1.82) is 0 Å². The number of fused-ring (bicyclic) bond motifs is 1. The molecule has 0 aliphatic carbocycles. The number of pyridine rings is 2. The van der Waals surface area contributed by atoms with Crippen molar-refractivity contribution < 1.29 is 4.73 Å². The highest BCUT2D eigenvalue weighted by molar-refractivity contribution is 6.30. The summed E-state index contributed by atoms with van der Waals surface area (Å²) >= 11 is 6.12. The molecule has 4 heteroatoms. The molecule has 24 heavy (non-hydrogen) atoms. The van der Waals surface area contributed by atoms with Crippen LogP contribution in [0.4, 0.5) is 0 Å². The lowest BCUT2D eigenvalue weighted by molar-refractivity contribution is -0.577. The van der Waals surface area contributed by atoms with Gasteiger partial charge in [0.15, 0.2) is 6.20 Å². The summed E-state index contributed by atoms with van der Waals surface area (Å²) in [6.45, 7) is 0. The van der Waals surface area contributed by atoms with Crippen molar-refractivity contribution in [3.8, 4) is 22.4 Å². The molecule has 0 unspecified atom stereocenters. The molecule has 0 bridgehead atoms. The first-order chi connectivity index (χ1) is 11.7. The fourth-order valence-corrected chi connectivity index (χ4v) is 3.06. The third-order valence-electron chi connectivity index (χ3n) is 3.98. The van der Waals surface area contributed by atoms with Gasteiger partial charge in [0, 0.05) is 39.9 Å². The molecule has 0 aliphatic rings. The largest absolute Gasteiger partial charge is 0.618 e. The summed E-state index contributed by atoms with van der Waals surface area (Å²) in [5.41, 5.74) is 4.49. The number of rotatable bonds is 2. The van der Waals surface area contributed by atoms with E-state index >= 15 is 0 Å². The van der Waals surface area contributed by atoms with E-state index in [0.717, 1.165) is 32.5 Å². The minimum Gasteiger partial charge on any atom is -0.618 e. The van der Waals surface area contributed by atoms with E-state index in [0.29, 0.717) is 10.5 Å². The molecule has 3 nitrogen and oxygen atoms in total. The van der Waals surface area contributed by atoms with Crippen LogP contribution in [0, 0.1) is 5.21 Å². The van der Waals surface area contributed by atoms with Crippen LogP contribution in [-0.2, 0) is 0 Å². The minimum absolute atomic E-state index is 0.648. The van der Waals surface area contributed by atoms with Gasteiger partial charge in [-0.15, -0.1) is 0 Å². The zero-order valence-corrected chi connectivity index (χ0v) is 13.4. The van der Waals surface area contributed by atoms with Crippen LogP contribution in [-0.4, -0.2) is 4.98 Å². The predicted octanol–water partition coefficient (Wildman–Crippen LogP) is 4.86. The van der Waals surface area contributed by atoms with Gasteiger partial charge in [-0.25, -0.2) is 0 Å². The van der Waals surface area contributed by atoms with Gasteiger partial charge in [-0.1, -0.05) is 29.8 Å². The predicted molar refractivity (Wildman–Crippen MR) is 96.6 cm³/mol. The van der Waals surface area contributed by atoms with E-state index in [4.69, 9.17) is 11.6 Å². The van der Waals surface area contributed by atoms with Crippen LogP contribution in [0.25, 0.3) is 33.3 Å². The standard InChI is InChI=1S/C20H13ClN2O/c21-17-6-1-4-16(13-17)20-18(7-2-10-22-20)14-8-9-19-15(12-14)5-3-11-23(19)24/h1-13H. The van der Waals surface area contributed by atoms with Gasteiger partial charge in [0.05, 0.1) is 5.69 Å². The van der Waals surface area contributed by atoms with Crippen LogP contribution < -0.4 is 4.73 Å². The van der Waals surface area contributed by atoms with Gasteiger partial charge in [-0.3, -0.25) is 4.98 Å². The minimum atomic E-state index is 0.648. The first kappa shape index (κ1) is 14.7. The fourth-order valence-electron chi connectivity index (χ4n) is 2.87. The smallest absolute Gasteiger partial charge is 0.223 e. The fraction of sp³-hybridized carbons (Fsp3) is 0. The van der Waals surface area contributed by atoms with E-state index in [1.165, 1.54) is 6.20 Å². The van der Waals surface area contributed by atoms with Gasteiger partial charge in [0.1, 0.15) is 0 Å². The zero-order chi connectivity index (χ0) is 16.5. The number of nitrogens with zero attached hydrogens (tertiary/aromatic N) is 2. The van der Waals surface area contributed by atoms with E-state index in [-0.39, 0.29) is 0 Å². The Balaban J connectivity index is 1.91. The van der Waals surface area contributed by atoms with E-state index in [9.17, 15) is 5.21 Å². The first-order valence-electron chi connectivity index (χ1n) is 7.56. The number of halogens is 1. The van der Waals surface area contributed by atoms with E-state index in [1.54, 1.807) is 12.3 Å². The number of hydrogen-bond acceptors (Lipinski definition) is 2. The third-order valence-corrected chi connectivity index (χ3v) is 4.21. The van der Waals surface area contributed by atoms with Crippen LogP contribution in [0.15, 0.2) is 79.1 Å². The molecule has 4 aromatic rings. The molecular formula is C20H13ClN2O. The average molecular weight is 333 g/mol. The maximum Gasteiger partial charge on any atom is 0.223 e. The Morgan fingerprint density at radius 3 is 2.67 bits per heavy atom. The molecule has 2 aromatic carbocycles. The molecule has 0 N–H and O–H groups in total. The lowest BCUT2D eigenvalue weighted by Crippen LogP contribution is -2.25. The Kier molecular flexibility index (Phi) is 3.63. The van der Waals surface area contributed by atoms with Crippen molar-refractivity contribution in [3.05, 3.63) is 89.4 Å². The Labute approximate surface area is 144 Å². The SMILES string of the molecule is [O-][n+]1cccc2cc(-c3cccnc3-c3cccc(Cl)c3)ccc21. The molecular weight excluding hydrogens is 320 g/mol. The van der Waals surface area contributed by atoms with Crippen molar-refractivity contribution in [3.63, 3.8) is 0 Å². The van der Waals surface area contributed by atoms with Gasteiger partial charge < -0.3 is 5.21 Å². The van der Waals surface area contributed by atoms with Gasteiger partial charge in [0.25, 0.3) is 0 Å². The molecule has 0 fully saturated rings. The van der Waals surface area contributed by atoms with Crippen molar-refractivity contribution >= 4 is 22.5 Å². The highest BCUT2D eigenvalue weighted by Crippen LogP contribution is 2.32. The molecule has 4 rings (SSSR count). The topological polar surface area (TPSA) is 39.8 Å². The number of benzene rings is 2. The summed E-state index contributed by atoms with van der Waals surface area (Å²) in [6, 6.07) is 21.1. The Hall–Kier alpha value is -2.91. The second-order valence-corrected chi connectivity index (χ2v) is 5.95. The van der Waals surface area contributed by atoms with Crippen molar-refractivity contribution in [2.45, 2.75) is 0 Å². The average Bonchev–Trinajstić information content (AvgIpc) is 2.62. The normalized spacial score (nSPS) is 10.9. The second-order valence-electron chi connectivity index (χ2n) is 5.52. The van der Waals surface area contributed by atoms with Gasteiger partial charge in [-0.05, 0) is 42.0 Å². The molecule has 0 amide bonds. The van der Waals surface area contributed by atoms with E-state index in [1.807, 2.05) is 60.7 Å². The van der Waals surface area contributed by atoms with Crippen molar-refractivity contribution in [1.82, 2.24) is 4.98 Å². The third kappa shape index (κ3) is 2.59. The summed E-state index contributed by atoms with van der Waals surface area (Å²) in [5, 5.41) is 13.4. The van der Waals surface area contributed by atoms with Crippen molar-refractivity contribution in [2.24, 2.45) is 0 Å². The van der Waals surface area contributed by atoms with Crippen molar-refractivity contribution in [2.75, 3.05) is 0 Å². The molecule has 2 aromatic heterocycles. The second kappa shape index (κ2) is 5.95. The molecule has 0 radical (unpaired) electrons. The molecule has 116 valence electrons. The Morgan fingerprint density at radius 2 is 1.79 bits per heavy atom. The summed E-state index contributed by atoms with van der Waals surface area (Å²) in [7, 11) is 0. The summed E-state index contributed by atoms with van der Waals surface area (Å²) in [6.07, 6.45) is 3.27. The molecule has 0 saturated carbocycles. The van der Waals surface area contributed by atoms with Crippen LogP contribution in [0.2, 0.25) is 5.02 Å². The van der Waals surface area contributed by atoms with Gasteiger partial charge >= 0.3 is 0 Å².